The number of nitro benzene ring substituents is 1. The molecule has 3 N–H and O–H groups in total. The molecule has 3 aromatic rings. The first-order chi connectivity index (χ1) is 18.7. The first-order valence-corrected chi connectivity index (χ1v) is 12.9. The second-order valence-electron chi connectivity index (χ2n) is 10.1. The number of hydrogen-bond acceptors (Lipinski definition) is 5. The molecule has 1 atom stereocenters. The molecule has 0 radical (unpaired) electrons. The zero-order chi connectivity index (χ0) is 28.0. The van der Waals surface area contributed by atoms with Crippen molar-refractivity contribution in [2.24, 2.45) is 5.41 Å². The molecular formula is C30H31N3O6. The van der Waals surface area contributed by atoms with Crippen molar-refractivity contribution < 1.29 is 24.4 Å². The van der Waals surface area contributed by atoms with E-state index < -0.39 is 28.3 Å². The highest BCUT2D eigenvalue weighted by Crippen LogP contribution is 2.41. The molecule has 0 unspecified atom stereocenters. The number of non-ortho nitro benzene ring substituents is 1. The predicted octanol–water partition coefficient (Wildman–Crippen LogP) is 5.07. The van der Waals surface area contributed by atoms with Crippen LogP contribution in [-0.4, -0.2) is 33.9 Å². The van der Waals surface area contributed by atoms with Gasteiger partial charge in [-0.3, -0.25) is 19.7 Å². The maximum Gasteiger partial charge on any atom is 0.326 e. The SMILES string of the molecule is Cc1ccc([N+](=O)[O-])cc1C(=O)Nc1ccc(C[C@H](NC(=O)C2(Cc3ccccc3)CCCC2)C(=O)O)cc1. The Kier molecular flexibility index (Phi) is 8.39. The fraction of sp³-hybridized carbons (Fsp3) is 0.300. The zero-order valence-electron chi connectivity index (χ0n) is 21.7. The van der Waals surface area contributed by atoms with E-state index in [0.717, 1.165) is 31.2 Å². The van der Waals surface area contributed by atoms with E-state index in [4.69, 9.17) is 0 Å². The third kappa shape index (κ3) is 6.67. The molecule has 3 aromatic carbocycles. The van der Waals surface area contributed by atoms with Gasteiger partial charge >= 0.3 is 5.97 Å². The molecule has 9 nitrogen and oxygen atoms in total. The summed E-state index contributed by atoms with van der Waals surface area (Å²) in [4.78, 5) is 48.7. The fourth-order valence-corrected chi connectivity index (χ4v) is 5.16. The molecule has 0 aromatic heterocycles. The van der Waals surface area contributed by atoms with Gasteiger partial charge in [0, 0.05) is 29.8 Å². The highest BCUT2D eigenvalue weighted by atomic mass is 16.6. The Morgan fingerprint density at radius 1 is 0.974 bits per heavy atom. The Hall–Kier alpha value is -4.53. The Morgan fingerprint density at radius 3 is 2.26 bits per heavy atom. The summed E-state index contributed by atoms with van der Waals surface area (Å²) in [7, 11) is 0. The first-order valence-electron chi connectivity index (χ1n) is 12.9. The van der Waals surface area contributed by atoms with Crippen LogP contribution >= 0.6 is 0 Å². The maximum atomic E-state index is 13.4. The van der Waals surface area contributed by atoms with Crippen LogP contribution in [0, 0.1) is 22.5 Å². The third-order valence-corrected chi connectivity index (χ3v) is 7.36. The smallest absolute Gasteiger partial charge is 0.326 e. The van der Waals surface area contributed by atoms with E-state index in [-0.39, 0.29) is 23.6 Å². The van der Waals surface area contributed by atoms with Crippen molar-refractivity contribution in [2.45, 2.75) is 51.5 Å². The van der Waals surface area contributed by atoms with Gasteiger partial charge in [0.2, 0.25) is 5.91 Å². The topological polar surface area (TPSA) is 139 Å². The van der Waals surface area contributed by atoms with Crippen LogP contribution in [0.1, 0.15) is 52.7 Å². The molecule has 39 heavy (non-hydrogen) atoms. The molecule has 4 rings (SSSR count). The summed E-state index contributed by atoms with van der Waals surface area (Å²) in [6.45, 7) is 1.69. The number of amides is 2. The molecule has 2 amide bonds. The number of benzene rings is 3. The number of aryl methyl sites for hydroxylation is 1. The van der Waals surface area contributed by atoms with Crippen LogP contribution in [0.5, 0.6) is 0 Å². The number of nitrogens with zero attached hydrogens (tertiary/aromatic N) is 1. The van der Waals surface area contributed by atoms with Crippen molar-refractivity contribution in [3.8, 4) is 0 Å². The van der Waals surface area contributed by atoms with Gasteiger partial charge in [-0.2, -0.15) is 0 Å². The van der Waals surface area contributed by atoms with E-state index in [0.29, 0.717) is 23.2 Å². The van der Waals surface area contributed by atoms with Gasteiger partial charge in [-0.05, 0) is 55.0 Å². The van der Waals surface area contributed by atoms with Gasteiger partial charge in [-0.25, -0.2) is 4.79 Å². The second-order valence-corrected chi connectivity index (χ2v) is 10.1. The number of hydrogen-bond donors (Lipinski definition) is 3. The summed E-state index contributed by atoms with van der Waals surface area (Å²) in [5.74, 6) is -1.83. The van der Waals surface area contributed by atoms with Gasteiger partial charge in [0.25, 0.3) is 11.6 Å². The van der Waals surface area contributed by atoms with E-state index in [1.807, 2.05) is 30.3 Å². The van der Waals surface area contributed by atoms with Gasteiger partial charge in [-0.15, -0.1) is 0 Å². The average molecular weight is 530 g/mol. The van der Waals surface area contributed by atoms with Crippen LogP contribution in [0.25, 0.3) is 0 Å². The predicted molar refractivity (Wildman–Crippen MR) is 147 cm³/mol. The molecule has 1 fully saturated rings. The van der Waals surface area contributed by atoms with Crippen LogP contribution in [0.2, 0.25) is 0 Å². The van der Waals surface area contributed by atoms with Gasteiger partial charge in [0.15, 0.2) is 0 Å². The number of nitro groups is 1. The monoisotopic (exact) mass is 529 g/mol. The van der Waals surface area contributed by atoms with Gasteiger partial charge in [-0.1, -0.05) is 61.4 Å². The standard InChI is InChI=1S/C30H31N3O6/c1-20-9-14-24(33(38)39)18-25(20)27(34)31-23-12-10-21(11-13-23)17-26(28(35)36)32-29(37)30(15-5-6-16-30)19-22-7-3-2-4-8-22/h2-4,7-14,18,26H,5-6,15-17,19H2,1H3,(H,31,34)(H,32,37)(H,35,36)/t26-/m0/s1. The average Bonchev–Trinajstić information content (AvgIpc) is 3.39. The number of carbonyl (C=O) groups is 3. The van der Waals surface area contributed by atoms with Crippen molar-refractivity contribution in [2.75, 3.05) is 5.32 Å². The van der Waals surface area contributed by atoms with E-state index in [1.165, 1.54) is 18.2 Å². The molecule has 0 heterocycles. The van der Waals surface area contributed by atoms with Crippen LogP contribution in [-0.2, 0) is 22.4 Å². The molecule has 1 aliphatic rings. The Balaban J connectivity index is 1.42. The second kappa shape index (κ2) is 11.9. The lowest BCUT2D eigenvalue weighted by atomic mass is 9.79. The number of rotatable bonds is 10. The summed E-state index contributed by atoms with van der Waals surface area (Å²) >= 11 is 0. The third-order valence-electron chi connectivity index (χ3n) is 7.36. The Labute approximate surface area is 226 Å². The molecule has 0 spiro atoms. The van der Waals surface area contributed by atoms with E-state index in [1.54, 1.807) is 31.2 Å². The minimum absolute atomic E-state index is 0.0840. The lowest BCUT2D eigenvalue weighted by Gasteiger charge is -2.29. The van der Waals surface area contributed by atoms with Gasteiger partial charge < -0.3 is 15.7 Å². The molecule has 9 heteroatoms. The summed E-state index contributed by atoms with van der Waals surface area (Å²) in [5.41, 5.74) is 2.19. The Bertz CT molecular complexity index is 1370. The van der Waals surface area contributed by atoms with E-state index in [2.05, 4.69) is 10.6 Å². The molecular weight excluding hydrogens is 498 g/mol. The first kappa shape index (κ1) is 27.5. The number of carboxylic acid groups (broad SMARTS) is 1. The van der Waals surface area contributed by atoms with Crippen LogP contribution < -0.4 is 10.6 Å². The zero-order valence-corrected chi connectivity index (χ0v) is 21.7. The normalized spacial score (nSPS) is 14.8. The maximum absolute atomic E-state index is 13.4. The van der Waals surface area contributed by atoms with Crippen LogP contribution in [0.3, 0.4) is 0 Å². The lowest BCUT2D eigenvalue weighted by molar-refractivity contribution is -0.384. The quantitative estimate of drug-likeness (QED) is 0.248. The molecule has 1 saturated carbocycles. The van der Waals surface area contributed by atoms with Crippen LogP contribution in [0.4, 0.5) is 11.4 Å². The molecule has 202 valence electrons. The summed E-state index contributed by atoms with van der Waals surface area (Å²) in [6.07, 6.45) is 3.96. The van der Waals surface area contributed by atoms with Crippen LogP contribution in [0.15, 0.2) is 72.8 Å². The largest absolute Gasteiger partial charge is 0.480 e. The number of carboxylic acids is 1. The molecule has 0 saturated heterocycles. The van der Waals surface area contributed by atoms with Crippen molar-refractivity contribution in [3.05, 3.63) is 105 Å². The van der Waals surface area contributed by atoms with Crippen molar-refractivity contribution in [3.63, 3.8) is 0 Å². The summed E-state index contributed by atoms with van der Waals surface area (Å²) in [6, 6.07) is 19.4. The number of anilines is 1. The summed E-state index contributed by atoms with van der Waals surface area (Å²) < 4.78 is 0. The highest BCUT2D eigenvalue weighted by Gasteiger charge is 2.42. The minimum Gasteiger partial charge on any atom is -0.480 e. The summed E-state index contributed by atoms with van der Waals surface area (Å²) in [5, 5.41) is 26.4. The van der Waals surface area contributed by atoms with Gasteiger partial charge in [0.1, 0.15) is 6.04 Å². The van der Waals surface area contributed by atoms with Crippen molar-refractivity contribution in [1.82, 2.24) is 5.32 Å². The number of nitrogens with one attached hydrogen (secondary N) is 2. The van der Waals surface area contributed by atoms with Crippen molar-refractivity contribution >= 4 is 29.2 Å². The Morgan fingerprint density at radius 2 is 1.64 bits per heavy atom. The lowest BCUT2D eigenvalue weighted by Crippen LogP contribution is -2.49. The highest BCUT2D eigenvalue weighted by molar-refractivity contribution is 6.05. The number of carbonyl (C=O) groups excluding carboxylic acids is 2. The van der Waals surface area contributed by atoms with Gasteiger partial charge in [0.05, 0.1) is 10.3 Å². The van der Waals surface area contributed by atoms with E-state index >= 15 is 0 Å². The van der Waals surface area contributed by atoms with E-state index in [9.17, 15) is 29.6 Å². The fourth-order valence-electron chi connectivity index (χ4n) is 5.16. The number of aliphatic carboxylic acids is 1. The molecule has 0 aliphatic heterocycles. The van der Waals surface area contributed by atoms with Crippen molar-refractivity contribution in [1.29, 1.82) is 0 Å². The molecule has 1 aliphatic carbocycles. The molecule has 0 bridgehead atoms. The minimum atomic E-state index is -1.12.